The van der Waals surface area contributed by atoms with Crippen LogP contribution in [-0.2, 0) is 0 Å². The third kappa shape index (κ3) is 3.99. The topological polar surface area (TPSA) is 41.5 Å². The summed E-state index contributed by atoms with van der Waals surface area (Å²) in [5, 5.41) is 13.2. The Labute approximate surface area is 134 Å². The lowest BCUT2D eigenvalue weighted by molar-refractivity contribution is 0.371. The van der Waals surface area contributed by atoms with Crippen molar-refractivity contribution in [3.63, 3.8) is 0 Å². The van der Waals surface area contributed by atoms with Crippen molar-refractivity contribution >= 4 is 15.9 Å². The summed E-state index contributed by atoms with van der Waals surface area (Å²) in [6.07, 6.45) is 0. The molecule has 0 aliphatic rings. The number of nitrogens with one attached hydrogen (secondary N) is 1. The molecule has 4 heteroatoms. The van der Waals surface area contributed by atoms with Gasteiger partial charge >= 0.3 is 0 Å². The average Bonchev–Trinajstić information content (AvgIpc) is 2.47. The van der Waals surface area contributed by atoms with Crippen LogP contribution in [0, 0.1) is 0 Å². The lowest BCUT2D eigenvalue weighted by atomic mass is 10.0. The van der Waals surface area contributed by atoms with Gasteiger partial charge in [0.25, 0.3) is 0 Å². The Balaban J connectivity index is 2.12. The van der Waals surface area contributed by atoms with E-state index in [9.17, 15) is 5.11 Å². The van der Waals surface area contributed by atoms with Crippen LogP contribution < -0.4 is 10.1 Å². The molecule has 21 heavy (non-hydrogen) atoms. The van der Waals surface area contributed by atoms with Crippen LogP contribution in [0.1, 0.15) is 37.1 Å². The highest BCUT2D eigenvalue weighted by molar-refractivity contribution is 9.10. The van der Waals surface area contributed by atoms with Crippen LogP contribution in [0.25, 0.3) is 0 Å². The summed E-state index contributed by atoms with van der Waals surface area (Å²) in [6, 6.07) is 14.1. The average molecular weight is 350 g/mol. The monoisotopic (exact) mass is 349 g/mol. The molecular formula is C17H20BrNO2. The Bertz CT molecular complexity index is 615. The number of halogens is 1. The van der Waals surface area contributed by atoms with E-state index in [1.54, 1.807) is 13.2 Å². The van der Waals surface area contributed by atoms with E-state index in [0.29, 0.717) is 5.75 Å². The number of hydrogen-bond acceptors (Lipinski definition) is 3. The van der Waals surface area contributed by atoms with Crippen LogP contribution in [-0.4, -0.2) is 12.2 Å². The number of benzene rings is 2. The zero-order chi connectivity index (χ0) is 15.4. The van der Waals surface area contributed by atoms with Gasteiger partial charge in [0.05, 0.1) is 7.11 Å². The zero-order valence-corrected chi connectivity index (χ0v) is 14.0. The largest absolute Gasteiger partial charge is 0.504 e. The second-order valence-corrected chi connectivity index (χ2v) is 6.01. The van der Waals surface area contributed by atoms with Gasteiger partial charge in [-0.3, -0.25) is 0 Å². The Morgan fingerprint density at radius 3 is 2.33 bits per heavy atom. The van der Waals surface area contributed by atoms with E-state index in [4.69, 9.17) is 4.74 Å². The summed E-state index contributed by atoms with van der Waals surface area (Å²) in [7, 11) is 1.56. The van der Waals surface area contributed by atoms with Crippen molar-refractivity contribution in [3.05, 3.63) is 58.1 Å². The minimum Gasteiger partial charge on any atom is -0.504 e. The standard InChI is InChI=1S/C17H20BrNO2/c1-11(13-5-4-6-15(18)9-13)19-12(2)14-7-8-16(20)17(10-14)21-3/h4-12,19-20H,1-3H3/t11-,12?/m0/s1. The van der Waals surface area contributed by atoms with Gasteiger partial charge in [0.1, 0.15) is 0 Å². The van der Waals surface area contributed by atoms with Crippen molar-refractivity contribution in [3.8, 4) is 11.5 Å². The summed E-state index contributed by atoms with van der Waals surface area (Å²) in [4.78, 5) is 0. The maximum Gasteiger partial charge on any atom is 0.160 e. The zero-order valence-electron chi connectivity index (χ0n) is 12.4. The van der Waals surface area contributed by atoms with Crippen molar-refractivity contribution in [2.24, 2.45) is 0 Å². The molecule has 0 saturated heterocycles. The fourth-order valence-electron chi connectivity index (χ4n) is 2.31. The molecule has 0 spiro atoms. The van der Waals surface area contributed by atoms with E-state index in [1.807, 2.05) is 24.3 Å². The van der Waals surface area contributed by atoms with Crippen molar-refractivity contribution in [1.82, 2.24) is 5.32 Å². The quantitative estimate of drug-likeness (QED) is 0.830. The number of aromatic hydroxyl groups is 1. The molecule has 112 valence electrons. The third-order valence-corrected chi connectivity index (χ3v) is 4.05. The molecule has 3 nitrogen and oxygen atoms in total. The maximum atomic E-state index is 9.66. The molecule has 2 aromatic rings. The smallest absolute Gasteiger partial charge is 0.160 e. The number of rotatable bonds is 5. The first-order valence-corrected chi connectivity index (χ1v) is 7.69. The summed E-state index contributed by atoms with van der Waals surface area (Å²) in [5.74, 6) is 0.657. The normalized spacial score (nSPS) is 13.7. The predicted molar refractivity (Wildman–Crippen MR) is 88.8 cm³/mol. The van der Waals surface area contributed by atoms with Crippen LogP contribution >= 0.6 is 15.9 Å². The molecule has 0 saturated carbocycles. The molecule has 2 atom stereocenters. The molecule has 0 aromatic heterocycles. The molecule has 0 amide bonds. The van der Waals surface area contributed by atoms with Crippen molar-refractivity contribution < 1.29 is 9.84 Å². The van der Waals surface area contributed by atoms with Gasteiger partial charge in [-0.15, -0.1) is 0 Å². The number of phenols is 1. The first-order valence-electron chi connectivity index (χ1n) is 6.89. The summed E-state index contributed by atoms with van der Waals surface area (Å²) < 4.78 is 6.23. The minimum absolute atomic E-state index is 0.147. The van der Waals surface area contributed by atoms with Crippen LogP contribution in [0.2, 0.25) is 0 Å². The summed E-state index contributed by atoms with van der Waals surface area (Å²) >= 11 is 3.50. The molecule has 2 aromatic carbocycles. The predicted octanol–water partition coefficient (Wildman–Crippen LogP) is 4.58. The van der Waals surface area contributed by atoms with E-state index in [2.05, 4.69) is 47.2 Å². The van der Waals surface area contributed by atoms with E-state index < -0.39 is 0 Å². The van der Waals surface area contributed by atoms with Gasteiger partial charge < -0.3 is 15.2 Å². The highest BCUT2D eigenvalue weighted by Gasteiger charge is 2.13. The van der Waals surface area contributed by atoms with Gasteiger partial charge in [-0.1, -0.05) is 34.1 Å². The number of phenolic OH excluding ortho intramolecular Hbond substituents is 1. The van der Waals surface area contributed by atoms with Crippen molar-refractivity contribution in [2.45, 2.75) is 25.9 Å². The molecular weight excluding hydrogens is 330 g/mol. The highest BCUT2D eigenvalue weighted by atomic mass is 79.9. The van der Waals surface area contributed by atoms with E-state index in [1.165, 1.54) is 5.56 Å². The maximum absolute atomic E-state index is 9.66. The van der Waals surface area contributed by atoms with Crippen molar-refractivity contribution in [1.29, 1.82) is 0 Å². The lowest BCUT2D eigenvalue weighted by Gasteiger charge is -2.21. The lowest BCUT2D eigenvalue weighted by Crippen LogP contribution is -2.22. The minimum atomic E-state index is 0.147. The van der Waals surface area contributed by atoms with Gasteiger partial charge in [0.2, 0.25) is 0 Å². The number of hydrogen-bond donors (Lipinski definition) is 2. The Morgan fingerprint density at radius 1 is 1.05 bits per heavy atom. The van der Waals surface area contributed by atoms with Crippen LogP contribution in [0.4, 0.5) is 0 Å². The van der Waals surface area contributed by atoms with E-state index in [-0.39, 0.29) is 17.8 Å². The molecule has 0 bridgehead atoms. The number of methoxy groups -OCH3 is 1. The molecule has 0 aliphatic heterocycles. The summed E-state index contributed by atoms with van der Waals surface area (Å²) in [5.41, 5.74) is 2.30. The Kier molecular flexibility index (Phi) is 5.26. The highest BCUT2D eigenvalue weighted by Crippen LogP contribution is 2.30. The van der Waals surface area contributed by atoms with Gasteiger partial charge in [0, 0.05) is 16.6 Å². The molecule has 0 aliphatic carbocycles. The molecule has 0 heterocycles. The fraction of sp³-hybridized carbons (Fsp3) is 0.294. The molecule has 0 fully saturated rings. The fourth-order valence-corrected chi connectivity index (χ4v) is 2.72. The molecule has 1 unspecified atom stereocenters. The van der Waals surface area contributed by atoms with Gasteiger partial charge in [0.15, 0.2) is 11.5 Å². The van der Waals surface area contributed by atoms with Crippen LogP contribution in [0.15, 0.2) is 46.9 Å². The third-order valence-electron chi connectivity index (χ3n) is 3.55. The first-order chi connectivity index (χ1) is 10.0. The molecule has 2 rings (SSSR count). The van der Waals surface area contributed by atoms with Gasteiger partial charge in [-0.2, -0.15) is 0 Å². The Hall–Kier alpha value is -1.52. The summed E-state index contributed by atoms with van der Waals surface area (Å²) in [6.45, 7) is 4.23. The SMILES string of the molecule is COc1cc(C(C)N[C@@H](C)c2cccc(Br)c2)ccc1O. The van der Waals surface area contributed by atoms with Crippen LogP contribution in [0.5, 0.6) is 11.5 Å². The number of ether oxygens (including phenoxy) is 1. The molecule has 0 radical (unpaired) electrons. The van der Waals surface area contributed by atoms with Crippen LogP contribution in [0.3, 0.4) is 0 Å². The van der Waals surface area contributed by atoms with E-state index >= 15 is 0 Å². The van der Waals surface area contributed by atoms with Gasteiger partial charge in [-0.25, -0.2) is 0 Å². The van der Waals surface area contributed by atoms with Crippen molar-refractivity contribution in [2.75, 3.05) is 7.11 Å². The Morgan fingerprint density at radius 2 is 1.71 bits per heavy atom. The first kappa shape index (κ1) is 15.9. The molecule has 2 N–H and O–H groups in total. The second-order valence-electron chi connectivity index (χ2n) is 5.10. The second kappa shape index (κ2) is 6.96. The van der Waals surface area contributed by atoms with E-state index in [0.717, 1.165) is 10.0 Å². The van der Waals surface area contributed by atoms with Gasteiger partial charge in [-0.05, 0) is 49.2 Å².